The van der Waals surface area contributed by atoms with Crippen molar-refractivity contribution >= 4 is 0 Å². The summed E-state index contributed by atoms with van der Waals surface area (Å²) in [5.41, 5.74) is 3.59. The van der Waals surface area contributed by atoms with Crippen LogP contribution < -0.4 is 0 Å². The van der Waals surface area contributed by atoms with E-state index in [1.165, 1.54) is 42.2 Å². The summed E-state index contributed by atoms with van der Waals surface area (Å²) in [5.74, 6) is 2.97. The van der Waals surface area contributed by atoms with E-state index >= 15 is 0 Å². The Hall–Kier alpha value is -1.73. The lowest BCUT2D eigenvalue weighted by Gasteiger charge is -2.31. The van der Waals surface area contributed by atoms with Gasteiger partial charge in [0.2, 0.25) is 0 Å². The van der Waals surface area contributed by atoms with E-state index in [0.29, 0.717) is 12.5 Å². The Morgan fingerprint density at radius 1 is 1.04 bits per heavy atom. The SMILES string of the molecule is Cc1nn(CCO)c(C)c1CN1CCC(c2nnc3n2CCCCC3)CC1. The van der Waals surface area contributed by atoms with Gasteiger partial charge in [-0.05, 0) is 52.6 Å². The van der Waals surface area contributed by atoms with Crippen LogP contribution in [-0.4, -0.2) is 54.2 Å². The zero-order valence-corrected chi connectivity index (χ0v) is 16.7. The first kappa shape index (κ1) is 18.6. The fourth-order valence-electron chi connectivity index (χ4n) is 4.66. The van der Waals surface area contributed by atoms with Gasteiger partial charge in [-0.15, -0.1) is 10.2 Å². The first-order valence-electron chi connectivity index (χ1n) is 10.5. The van der Waals surface area contributed by atoms with E-state index in [-0.39, 0.29) is 6.61 Å². The fourth-order valence-corrected chi connectivity index (χ4v) is 4.66. The van der Waals surface area contributed by atoms with Gasteiger partial charge < -0.3 is 9.67 Å². The minimum Gasteiger partial charge on any atom is -0.394 e. The van der Waals surface area contributed by atoms with Crippen molar-refractivity contribution < 1.29 is 5.11 Å². The molecule has 4 heterocycles. The summed E-state index contributed by atoms with van der Waals surface area (Å²) in [7, 11) is 0. The van der Waals surface area contributed by atoms with Crippen molar-refractivity contribution in [2.24, 2.45) is 0 Å². The average molecular weight is 373 g/mol. The Morgan fingerprint density at radius 3 is 2.63 bits per heavy atom. The van der Waals surface area contributed by atoms with Crippen molar-refractivity contribution in [2.75, 3.05) is 19.7 Å². The predicted octanol–water partition coefficient (Wildman–Crippen LogP) is 2.19. The number of piperidine rings is 1. The van der Waals surface area contributed by atoms with E-state index in [1.807, 2.05) is 4.68 Å². The van der Waals surface area contributed by atoms with Crippen molar-refractivity contribution in [2.45, 2.75) is 77.9 Å². The normalized spacial score (nSPS) is 19.2. The van der Waals surface area contributed by atoms with Gasteiger partial charge in [-0.1, -0.05) is 6.42 Å². The lowest BCUT2D eigenvalue weighted by molar-refractivity contribution is 0.199. The maximum atomic E-state index is 9.20. The molecule has 0 amide bonds. The summed E-state index contributed by atoms with van der Waals surface area (Å²) < 4.78 is 4.35. The van der Waals surface area contributed by atoms with Gasteiger partial charge >= 0.3 is 0 Å². The Bertz CT molecular complexity index is 772. The highest BCUT2D eigenvalue weighted by molar-refractivity contribution is 5.24. The molecule has 7 heteroatoms. The van der Waals surface area contributed by atoms with E-state index in [0.717, 1.165) is 51.1 Å². The number of aliphatic hydroxyl groups is 1. The summed E-state index contributed by atoms with van der Waals surface area (Å²) in [6.45, 7) is 9.14. The number of hydrogen-bond acceptors (Lipinski definition) is 5. The van der Waals surface area contributed by atoms with Crippen LogP contribution in [0.5, 0.6) is 0 Å². The Kier molecular flexibility index (Phi) is 5.59. The molecule has 0 atom stereocenters. The van der Waals surface area contributed by atoms with E-state index in [4.69, 9.17) is 0 Å². The van der Waals surface area contributed by atoms with Gasteiger partial charge in [0.15, 0.2) is 0 Å². The highest BCUT2D eigenvalue weighted by Gasteiger charge is 2.27. The van der Waals surface area contributed by atoms with Crippen molar-refractivity contribution in [1.82, 2.24) is 29.4 Å². The van der Waals surface area contributed by atoms with Crippen LogP contribution in [0, 0.1) is 13.8 Å². The van der Waals surface area contributed by atoms with Crippen molar-refractivity contribution in [1.29, 1.82) is 0 Å². The summed E-state index contributed by atoms with van der Waals surface area (Å²) in [4.78, 5) is 2.54. The lowest BCUT2D eigenvalue weighted by atomic mass is 9.95. The first-order valence-corrected chi connectivity index (χ1v) is 10.5. The number of likely N-dealkylation sites (tertiary alicyclic amines) is 1. The standard InChI is InChI=1S/C20H32N6O/c1-15-18(16(2)26(23-15)12-13-27)14-24-10-7-17(8-11-24)20-22-21-19-6-4-3-5-9-25(19)20/h17,27H,3-14H2,1-2H3. The van der Waals surface area contributed by atoms with Crippen molar-refractivity contribution in [3.63, 3.8) is 0 Å². The minimum absolute atomic E-state index is 0.134. The largest absolute Gasteiger partial charge is 0.394 e. The maximum Gasteiger partial charge on any atom is 0.136 e. The fraction of sp³-hybridized carbons (Fsp3) is 0.750. The molecule has 0 aliphatic carbocycles. The van der Waals surface area contributed by atoms with Gasteiger partial charge in [0, 0.05) is 36.7 Å². The van der Waals surface area contributed by atoms with Gasteiger partial charge in [-0.3, -0.25) is 9.58 Å². The number of fused-ring (bicyclic) bond motifs is 1. The third kappa shape index (κ3) is 3.80. The molecule has 148 valence electrons. The molecular weight excluding hydrogens is 340 g/mol. The van der Waals surface area contributed by atoms with E-state index in [2.05, 4.69) is 38.6 Å². The quantitative estimate of drug-likeness (QED) is 0.871. The Balaban J connectivity index is 1.39. The monoisotopic (exact) mass is 372 g/mol. The van der Waals surface area contributed by atoms with Gasteiger partial charge in [0.05, 0.1) is 18.8 Å². The summed E-state index contributed by atoms with van der Waals surface area (Å²) in [6, 6.07) is 0. The minimum atomic E-state index is 0.134. The van der Waals surface area contributed by atoms with Crippen LogP contribution in [0.1, 0.15) is 66.6 Å². The van der Waals surface area contributed by atoms with Crippen LogP contribution in [0.3, 0.4) is 0 Å². The molecule has 2 aromatic heterocycles. The van der Waals surface area contributed by atoms with Gasteiger partial charge in [0.25, 0.3) is 0 Å². The topological polar surface area (TPSA) is 72.0 Å². The molecule has 1 N–H and O–H groups in total. The summed E-state index contributed by atoms with van der Waals surface area (Å²) in [6.07, 6.45) is 7.21. The van der Waals surface area contributed by atoms with E-state index in [9.17, 15) is 5.11 Å². The van der Waals surface area contributed by atoms with E-state index in [1.54, 1.807) is 0 Å². The second-order valence-electron chi connectivity index (χ2n) is 8.08. The van der Waals surface area contributed by atoms with Crippen LogP contribution in [-0.2, 0) is 26.1 Å². The van der Waals surface area contributed by atoms with Crippen LogP contribution in [0.15, 0.2) is 0 Å². The van der Waals surface area contributed by atoms with Crippen LogP contribution >= 0.6 is 0 Å². The first-order chi connectivity index (χ1) is 13.2. The molecule has 2 aliphatic heterocycles. The Labute approximate surface area is 161 Å². The third-order valence-corrected chi connectivity index (χ3v) is 6.32. The second kappa shape index (κ2) is 8.10. The number of aromatic nitrogens is 5. The molecule has 0 spiro atoms. The highest BCUT2D eigenvalue weighted by atomic mass is 16.3. The molecule has 0 unspecified atom stereocenters. The molecule has 1 fully saturated rings. The average Bonchev–Trinajstić information content (AvgIpc) is 3.08. The molecule has 7 nitrogen and oxygen atoms in total. The molecule has 27 heavy (non-hydrogen) atoms. The molecule has 0 bridgehead atoms. The lowest BCUT2D eigenvalue weighted by Crippen LogP contribution is -2.33. The van der Waals surface area contributed by atoms with Gasteiger partial charge in [-0.2, -0.15) is 5.10 Å². The molecule has 2 aromatic rings. The highest BCUT2D eigenvalue weighted by Crippen LogP contribution is 2.30. The van der Waals surface area contributed by atoms with Gasteiger partial charge in [-0.25, -0.2) is 0 Å². The van der Waals surface area contributed by atoms with Gasteiger partial charge in [0.1, 0.15) is 11.6 Å². The zero-order valence-electron chi connectivity index (χ0n) is 16.7. The van der Waals surface area contributed by atoms with Crippen LogP contribution in [0.25, 0.3) is 0 Å². The van der Waals surface area contributed by atoms with E-state index < -0.39 is 0 Å². The number of aryl methyl sites for hydroxylation is 2. The molecule has 2 aliphatic rings. The smallest absolute Gasteiger partial charge is 0.136 e. The number of nitrogens with zero attached hydrogens (tertiary/aromatic N) is 6. The molecular formula is C20H32N6O. The van der Waals surface area contributed by atoms with Crippen LogP contribution in [0.2, 0.25) is 0 Å². The van der Waals surface area contributed by atoms with Crippen molar-refractivity contribution in [3.05, 3.63) is 28.6 Å². The predicted molar refractivity (Wildman–Crippen MR) is 104 cm³/mol. The summed E-state index contributed by atoms with van der Waals surface area (Å²) >= 11 is 0. The summed E-state index contributed by atoms with van der Waals surface area (Å²) in [5, 5.41) is 22.9. The number of aliphatic hydroxyl groups excluding tert-OH is 1. The molecule has 1 saturated heterocycles. The molecule has 0 radical (unpaired) electrons. The maximum absolute atomic E-state index is 9.20. The Morgan fingerprint density at radius 2 is 1.85 bits per heavy atom. The zero-order chi connectivity index (χ0) is 18.8. The number of hydrogen-bond donors (Lipinski definition) is 1. The third-order valence-electron chi connectivity index (χ3n) is 6.32. The number of rotatable bonds is 5. The molecule has 0 saturated carbocycles. The van der Waals surface area contributed by atoms with Crippen molar-refractivity contribution in [3.8, 4) is 0 Å². The van der Waals surface area contributed by atoms with Crippen LogP contribution in [0.4, 0.5) is 0 Å². The molecule has 0 aromatic carbocycles. The molecule has 4 rings (SSSR count). The second-order valence-corrected chi connectivity index (χ2v) is 8.08.